The van der Waals surface area contributed by atoms with Gasteiger partial charge < -0.3 is 9.47 Å². The minimum absolute atomic E-state index is 0.163. The molecule has 86 valence electrons. The lowest BCUT2D eigenvalue weighted by molar-refractivity contribution is -0.375. The van der Waals surface area contributed by atoms with Gasteiger partial charge in [-0.1, -0.05) is 0 Å². The first kappa shape index (κ1) is 12.0. The summed E-state index contributed by atoms with van der Waals surface area (Å²) >= 11 is 0. The van der Waals surface area contributed by atoms with Crippen molar-refractivity contribution in [2.24, 2.45) is 0 Å². The number of benzene rings is 1. The maximum absolute atomic E-state index is 10.6. The van der Waals surface area contributed by atoms with E-state index >= 15 is 0 Å². The van der Waals surface area contributed by atoms with Gasteiger partial charge >= 0.3 is 0 Å². The highest BCUT2D eigenvalue weighted by Crippen LogP contribution is 2.30. The van der Waals surface area contributed by atoms with E-state index in [9.17, 15) is 10.1 Å². The van der Waals surface area contributed by atoms with Crippen molar-refractivity contribution in [2.75, 3.05) is 13.7 Å². The van der Waals surface area contributed by atoms with Crippen LogP contribution in [-0.2, 0) is 0 Å². The summed E-state index contributed by atoms with van der Waals surface area (Å²) in [5.41, 5.74) is 0.248. The highest BCUT2D eigenvalue weighted by Gasteiger charge is 2.13. The van der Waals surface area contributed by atoms with Crippen LogP contribution in [0.25, 0.3) is 5.70 Å². The molecule has 0 heterocycles. The van der Waals surface area contributed by atoms with Crippen molar-refractivity contribution >= 4 is 5.70 Å². The van der Waals surface area contributed by atoms with Gasteiger partial charge in [-0.25, -0.2) is 0 Å². The van der Waals surface area contributed by atoms with Gasteiger partial charge in [0.2, 0.25) is 0 Å². The van der Waals surface area contributed by atoms with Crippen molar-refractivity contribution in [1.82, 2.24) is 0 Å². The lowest BCUT2D eigenvalue weighted by Gasteiger charge is -2.09. The van der Waals surface area contributed by atoms with E-state index in [-0.39, 0.29) is 5.70 Å². The van der Waals surface area contributed by atoms with Crippen LogP contribution in [0.1, 0.15) is 12.5 Å². The van der Waals surface area contributed by atoms with Crippen LogP contribution < -0.4 is 9.47 Å². The van der Waals surface area contributed by atoms with Crippen LogP contribution in [0.4, 0.5) is 0 Å². The van der Waals surface area contributed by atoms with Crippen molar-refractivity contribution in [3.05, 3.63) is 40.5 Å². The highest BCUT2D eigenvalue weighted by atomic mass is 16.6. The minimum Gasteiger partial charge on any atom is -0.493 e. The third-order valence-electron chi connectivity index (χ3n) is 2.02. The van der Waals surface area contributed by atoms with Gasteiger partial charge in [0.1, 0.15) is 0 Å². The van der Waals surface area contributed by atoms with Crippen LogP contribution in [0.15, 0.2) is 24.8 Å². The van der Waals surface area contributed by atoms with Crippen LogP contribution in [0, 0.1) is 10.1 Å². The molecule has 0 radical (unpaired) electrons. The summed E-state index contributed by atoms with van der Waals surface area (Å²) in [5.74, 6) is 1.02. The Morgan fingerprint density at radius 1 is 1.50 bits per heavy atom. The van der Waals surface area contributed by atoms with Crippen LogP contribution >= 0.6 is 0 Å². The van der Waals surface area contributed by atoms with Gasteiger partial charge in [0.05, 0.1) is 24.2 Å². The third-order valence-corrected chi connectivity index (χ3v) is 2.02. The van der Waals surface area contributed by atoms with Gasteiger partial charge in [-0.3, -0.25) is 10.1 Å². The Morgan fingerprint density at radius 2 is 2.19 bits per heavy atom. The molecule has 0 aliphatic carbocycles. The van der Waals surface area contributed by atoms with Crippen molar-refractivity contribution < 1.29 is 14.4 Å². The summed E-state index contributed by atoms with van der Waals surface area (Å²) in [6.45, 7) is 5.68. The Hall–Kier alpha value is -2.04. The van der Waals surface area contributed by atoms with E-state index in [0.717, 1.165) is 0 Å². The zero-order valence-corrected chi connectivity index (χ0v) is 9.23. The van der Waals surface area contributed by atoms with Gasteiger partial charge in [-0.15, -0.1) is 0 Å². The Labute approximate surface area is 93.4 Å². The molecule has 1 aromatic carbocycles. The monoisotopic (exact) mass is 223 g/mol. The number of rotatable bonds is 5. The molecule has 5 heteroatoms. The van der Waals surface area contributed by atoms with E-state index in [1.54, 1.807) is 18.2 Å². The van der Waals surface area contributed by atoms with E-state index < -0.39 is 4.92 Å². The van der Waals surface area contributed by atoms with E-state index in [4.69, 9.17) is 9.47 Å². The molecule has 0 fully saturated rings. The van der Waals surface area contributed by atoms with Crippen LogP contribution in [-0.4, -0.2) is 18.6 Å². The number of nitrogens with zero attached hydrogens (tertiary/aromatic N) is 1. The Kier molecular flexibility index (Phi) is 3.88. The Morgan fingerprint density at radius 3 is 2.69 bits per heavy atom. The second-order valence-corrected chi connectivity index (χ2v) is 3.00. The maximum Gasteiger partial charge on any atom is 0.269 e. The molecular formula is C11H13NO4. The molecule has 0 aliphatic heterocycles. The van der Waals surface area contributed by atoms with Gasteiger partial charge in [-0.05, 0) is 31.7 Å². The number of methoxy groups -OCH3 is 1. The van der Waals surface area contributed by atoms with Crippen molar-refractivity contribution in [2.45, 2.75) is 6.92 Å². The highest BCUT2D eigenvalue weighted by molar-refractivity contribution is 5.60. The molecule has 0 saturated heterocycles. The van der Waals surface area contributed by atoms with Gasteiger partial charge in [-0.2, -0.15) is 0 Å². The molecule has 0 amide bonds. The van der Waals surface area contributed by atoms with Crippen molar-refractivity contribution in [3.8, 4) is 11.5 Å². The first-order chi connectivity index (χ1) is 7.60. The van der Waals surface area contributed by atoms with Gasteiger partial charge in [0.25, 0.3) is 5.70 Å². The fourth-order valence-electron chi connectivity index (χ4n) is 1.23. The maximum atomic E-state index is 10.6. The van der Waals surface area contributed by atoms with E-state index in [1.807, 2.05) is 6.92 Å². The van der Waals surface area contributed by atoms with Crippen molar-refractivity contribution in [3.63, 3.8) is 0 Å². The van der Waals surface area contributed by atoms with E-state index in [2.05, 4.69) is 6.58 Å². The normalized spacial score (nSPS) is 9.62. The molecular weight excluding hydrogens is 210 g/mol. The molecule has 0 atom stereocenters. The topological polar surface area (TPSA) is 61.6 Å². The standard InChI is InChI=1S/C11H13NO4/c1-4-16-11-7-9(8(2)12(13)14)5-6-10(11)15-3/h5-7H,2,4H2,1,3H3. The first-order valence-electron chi connectivity index (χ1n) is 4.74. The molecule has 1 aromatic rings. The summed E-state index contributed by atoms with van der Waals surface area (Å²) in [6, 6.07) is 4.74. The molecule has 0 aromatic heterocycles. The molecule has 0 N–H and O–H groups in total. The van der Waals surface area contributed by atoms with E-state index in [0.29, 0.717) is 23.7 Å². The second kappa shape index (κ2) is 5.16. The second-order valence-electron chi connectivity index (χ2n) is 3.00. The quantitative estimate of drug-likeness (QED) is 0.567. The van der Waals surface area contributed by atoms with Gasteiger partial charge in [0.15, 0.2) is 11.5 Å². The molecule has 0 bridgehead atoms. The average molecular weight is 223 g/mol. The fourth-order valence-corrected chi connectivity index (χ4v) is 1.23. The summed E-state index contributed by atoms with van der Waals surface area (Å²) in [7, 11) is 1.51. The summed E-state index contributed by atoms with van der Waals surface area (Å²) in [6.07, 6.45) is 0. The summed E-state index contributed by atoms with van der Waals surface area (Å²) < 4.78 is 10.4. The fraction of sp³-hybridized carbons (Fsp3) is 0.273. The Bertz CT molecular complexity index is 414. The SMILES string of the molecule is C=C(c1ccc(OC)c(OCC)c1)[N+](=O)[O-]. The Balaban J connectivity index is 3.11. The number of hydrogen-bond acceptors (Lipinski definition) is 4. The zero-order chi connectivity index (χ0) is 12.1. The molecule has 5 nitrogen and oxygen atoms in total. The predicted molar refractivity (Wildman–Crippen MR) is 60.2 cm³/mol. The largest absolute Gasteiger partial charge is 0.493 e. The first-order valence-corrected chi connectivity index (χ1v) is 4.74. The molecule has 1 rings (SSSR count). The van der Waals surface area contributed by atoms with Crippen LogP contribution in [0.2, 0.25) is 0 Å². The molecule has 0 aliphatic rings. The number of hydrogen-bond donors (Lipinski definition) is 0. The predicted octanol–water partition coefficient (Wildman–Crippen LogP) is 2.34. The smallest absolute Gasteiger partial charge is 0.269 e. The molecule has 0 unspecified atom stereocenters. The minimum atomic E-state index is -0.530. The third kappa shape index (κ3) is 2.50. The van der Waals surface area contributed by atoms with Crippen molar-refractivity contribution in [1.29, 1.82) is 0 Å². The van der Waals surface area contributed by atoms with Gasteiger partial charge in [0, 0.05) is 0 Å². The average Bonchev–Trinajstić information content (AvgIpc) is 2.28. The zero-order valence-electron chi connectivity index (χ0n) is 9.23. The summed E-state index contributed by atoms with van der Waals surface area (Å²) in [4.78, 5) is 10.0. The lowest BCUT2D eigenvalue weighted by atomic mass is 10.1. The van der Waals surface area contributed by atoms with E-state index in [1.165, 1.54) is 7.11 Å². The number of ether oxygens (including phenoxy) is 2. The molecule has 0 spiro atoms. The van der Waals surface area contributed by atoms with Crippen LogP contribution in [0.5, 0.6) is 11.5 Å². The molecule has 16 heavy (non-hydrogen) atoms. The molecule has 0 saturated carbocycles. The summed E-state index contributed by atoms with van der Waals surface area (Å²) in [5, 5.41) is 10.6. The van der Waals surface area contributed by atoms with Crippen LogP contribution in [0.3, 0.4) is 0 Å². The number of nitro groups is 1. The lowest BCUT2D eigenvalue weighted by Crippen LogP contribution is -1.99.